The molecule has 2 rings (SSSR count). The van der Waals surface area contributed by atoms with E-state index in [9.17, 15) is 4.79 Å². The van der Waals surface area contributed by atoms with Crippen LogP contribution in [0.3, 0.4) is 0 Å². The van der Waals surface area contributed by atoms with Crippen LogP contribution in [0, 0.1) is 0 Å². The molecule has 2 aromatic rings. The first-order chi connectivity index (χ1) is 7.72. The van der Waals surface area contributed by atoms with Gasteiger partial charge in [-0.05, 0) is 0 Å². The number of aliphatic hydroxyl groups excluding tert-OH is 1. The first kappa shape index (κ1) is 10.5. The maximum absolute atomic E-state index is 11.4. The lowest BCUT2D eigenvalue weighted by Crippen LogP contribution is -2.41. The fourth-order valence-electron chi connectivity index (χ4n) is 1.13. The average molecular weight is 222 g/mol. The standard InChI is InChI=1S/C8H10N6O2/c9-5(2-15)8(16)13-14-4-12-6-1-10-3-11-7(6)14/h1,3-5,15H,2,9H2,(H,13,16)/t5-/m0/s1. The molecule has 8 heteroatoms. The number of imidazole rings is 1. The molecule has 84 valence electrons. The molecule has 0 saturated heterocycles. The third kappa shape index (κ3) is 1.83. The number of nitrogens with one attached hydrogen (secondary N) is 1. The zero-order valence-electron chi connectivity index (χ0n) is 8.24. The van der Waals surface area contributed by atoms with E-state index in [0.29, 0.717) is 11.2 Å². The van der Waals surface area contributed by atoms with E-state index in [4.69, 9.17) is 10.8 Å². The fraction of sp³-hybridized carbons (Fsp3) is 0.250. The minimum absolute atomic E-state index is 0.423. The first-order valence-corrected chi connectivity index (χ1v) is 4.52. The van der Waals surface area contributed by atoms with E-state index in [1.165, 1.54) is 23.5 Å². The Morgan fingerprint density at radius 1 is 1.62 bits per heavy atom. The van der Waals surface area contributed by atoms with Crippen LogP contribution in [-0.2, 0) is 4.79 Å². The summed E-state index contributed by atoms with van der Waals surface area (Å²) in [5.41, 5.74) is 8.83. The summed E-state index contributed by atoms with van der Waals surface area (Å²) in [5, 5.41) is 8.71. The number of nitrogens with zero attached hydrogens (tertiary/aromatic N) is 4. The number of carbonyl (C=O) groups excluding carboxylic acids is 1. The third-order valence-electron chi connectivity index (χ3n) is 1.98. The van der Waals surface area contributed by atoms with Gasteiger partial charge >= 0.3 is 0 Å². The van der Waals surface area contributed by atoms with Crippen LogP contribution in [-0.4, -0.2) is 43.3 Å². The second kappa shape index (κ2) is 4.21. The van der Waals surface area contributed by atoms with Crippen molar-refractivity contribution in [3.8, 4) is 0 Å². The van der Waals surface area contributed by atoms with Gasteiger partial charge in [-0.15, -0.1) is 0 Å². The molecule has 0 saturated carbocycles. The van der Waals surface area contributed by atoms with Gasteiger partial charge in [0.1, 0.15) is 24.2 Å². The van der Waals surface area contributed by atoms with Gasteiger partial charge in [-0.2, -0.15) is 0 Å². The van der Waals surface area contributed by atoms with Gasteiger partial charge in [0, 0.05) is 0 Å². The summed E-state index contributed by atoms with van der Waals surface area (Å²) in [6.45, 7) is -0.423. The number of aromatic nitrogens is 4. The number of aliphatic hydroxyl groups is 1. The third-order valence-corrected chi connectivity index (χ3v) is 1.98. The van der Waals surface area contributed by atoms with Crippen molar-refractivity contribution in [3.05, 3.63) is 18.9 Å². The Kier molecular flexibility index (Phi) is 2.75. The summed E-state index contributed by atoms with van der Waals surface area (Å²) in [6.07, 6.45) is 4.26. The Labute approximate surface area is 90.1 Å². The minimum Gasteiger partial charge on any atom is -0.394 e. The maximum Gasteiger partial charge on any atom is 0.258 e. The molecule has 1 amide bonds. The van der Waals surface area contributed by atoms with Gasteiger partial charge in [0.05, 0.1) is 12.8 Å². The van der Waals surface area contributed by atoms with Crippen LogP contribution in [0.5, 0.6) is 0 Å². The highest BCUT2D eigenvalue weighted by molar-refractivity contribution is 5.89. The van der Waals surface area contributed by atoms with E-state index in [2.05, 4.69) is 20.4 Å². The lowest BCUT2D eigenvalue weighted by molar-refractivity contribution is -0.119. The van der Waals surface area contributed by atoms with Crippen molar-refractivity contribution < 1.29 is 9.90 Å². The number of hydrogen-bond acceptors (Lipinski definition) is 6. The Morgan fingerprint density at radius 3 is 3.19 bits per heavy atom. The molecule has 0 aromatic carbocycles. The topological polar surface area (TPSA) is 119 Å². The zero-order chi connectivity index (χ0) is 11.5. The zero-order valence-corrected chi connectivity index (χ0v) is 8.24. The van der Waals surface area contributed by atoms with Crippen molar-refractivity contribution in [3.63, 3.8) is 0 Å². The summed E-state index contributed by atoms with van der Waals surface area (Å²) in [4.78, 5) is 23.1. The SMILES string of the molecule is N[C@@H](CO)C(=O)Nn1cnc2cncnc21. The molecule has 0 fully saturated rings. The van der Waals surface area contributed by atoms with Crippen LogP contribution in [0.4, 0.5) is 0 Å². The summed E-state index contributed by atoms with van der Waals surface area (Å²) in [5.74, 6) is -0.514. The summed E-state index contributed by atoms with van der Waals surface area (Å²) in [6, 6.07) is -0.973. The lowest BCUT2D eigenvalue weighted by atomic mass is 10.3. The smallest absolute Gasteiger partial charge is 0.258 e. The predicted octanol–water partition coefficient (Wildman–Crippen LogP) is -1.78. The maximum atomic E-state index is 11.4. The van der Waals surface area contributed by atoms with Gasteiger partial charge in [-0.3, -0.25) is 10.2 Å². The van der Waals surface area contributed by atoms with Crippen molar-refractivity contribution in [2.75, 3.05) is 12.0 Å². The molecule has 0 spiro atoms. The monoisotopic (exact) mass is 222 g/mol. The van der Waals surface area contributed by atoms with Gasteiger partial charge < -0.3 is 10.8 Å². The highest BCUT2D eigenvalue weighted by Gasteiger charge is 2.13. The molecule has 0 unspecified atom stereocenters. The van der Waals surface area contributed by atoms with E-state index in [0.717, 1.165) is 0 Å². The molecular weight excluding hydrogens is 212 g/mol. The number of amides is 1. The molecule has 8 nitrogen and oxygen atoms in total. The van der Waals surface area contributed by atoms with E-state index in [1.807, 2.05) is 0 Å². The molecule has 1 atom stereocenters. The molecule has 4 N–H and O–H groups in total. The van der Waals surface area contributed by atoms with E-state index < -0.39 is 18.6 Å². The van der Waals surface area contributed by atoms with Crippen molar-refractivity contribution >= 4 is 17.1 Å². The molecule has 0 aliphatic rings. The molecule has 0 bridgehead atoms. The second-order valence-corrected chi connectivity index (χ2v) is 3.11. The molecule has 0 radical (unpaired) electrons. The molecule has 16 heavy (non-hydrogen) atoms. The van der Waals surface area contributed by atoms with Crippen LogP contribution in [0.15, 0.2) is 18.9 Å². The second-order valence-electron chi connectivity index (χ2n) is 3.11. The van der Waals surface area contributed by atoms with Crippen LogP contribution in [0.1, 0.15) is 0 Å². The number of fused-ring (bicyclic) bond motifs is 1. The largest absolute Gasteiger partial charge is 0.394 e. The van der Waals surface area contributed by atoms with Crippen LogP contribution >= 0.6 is 0 Å². The molecule has 2 aromatic heterocycles. The summed E-state index contributed by atoms with van der Waals surface area (Å²) in [7, 11) is 0. The number of carbonyl (C=O) groups is 1. The van der Waals surface area contributed by atoms with Crippen molar-refractivity contribution in [2.24, 2.45) is 5.73 Å². The molecule has 0 aliphatic heterocycles. The Hall–Kier alpha value is -2.06. The van der Waals surface area contributed by atoms with Gasteiger partial charge in [0.25, 0.3) is 5.91 Å². The minimum atomic E-state index is -0.973. The van der Waals surface area contributed by atoms with E-state index in [1.54, 1.807) is 0 Å². The van der Waals surface area contributed by atoms with Crippen LogP contribution in [0.25, 0.3) is 11.2 Å². The van der Waals surface area contributed by atoms with Gasteiger partial charge in [-0.1, -0.05) is 0 Å². The van der Waals surface area contributed by atoms with Gasteiger partial charge in [0.2, 0.25) is 0 Å². The average Bonchev–Trinajstić information content (AvgIpc) is 2.72. The highest BCUT2D eigenvalue weighted by Crippen LogP contribution is 2.04. The van der Waals surface area contributed by atoms with Crippen molar-refractivity contribution in [1.29, 1.82) is 0 Å². The Balaban J connectivity index is 2.25. The predicted molar refractivity (Wildman–Crippen MR) is 54.8 cm³/mol. The number of hydrogen-bond donors (Lipinski definition) is 3. The lowest BCUT2D eigenvalue weighted by Gasteiger charge is -2.09. The molecular formula is C8H10N6O2. The summed E-state index contributed by atoms with van der Waals surface area (Å²) >= 11 is 0. The van der Waals surface area contributed by atoms with Crippen LogP contribution in [0.2, 0.25) is 0 Å². The van der Waals surface area contributed by atoms with Crippen LogP contribution < -0.4 is 11.2 Å². The van der Waals surface area contributed by atoms with Gasteiger partial charge in [0.15, 0.2) is 5.65 Å². The van der Waals surface area contributed by atoms with Gasteiger partial charge in [-0.25, -0.2) is 19.6 Å². The van der Waals surface area contributed by atoms with E-state index >= 15 is 0 Å². The van der Waals surface area contributed by atoms with Crippen molar-refractivity contribution in [2.45, 2.75) is 6.04 Å². The molecule has 2 heterocycles. The van der Waals surface area contributed by atoms with E-state index in [-0.39, 0.29) is 0 Å². The Morgan fingerprint density at radius 2 is 2.44 bits per heavy atom. The quantitative estimate of drug-likeness (QED) is 0.564. The summed E-state index contributed by atoms with van der Waals surface area (Å²) < 4.78 is 1.33. The molecule has 0 aliphatic carbocycles. The first-order valence-electron chi connectivity index (χ1n) is 4.52. The number of rotatable bonds is 3. The van der Waals surface area contributed by atoms with Crippen molar-refractivity contribution in [1.82, 2.24) is 19.6 Å². The number of nitrogens with two attached hydrogens (primary N) is 1. The fourth-order valence-corrected chi connectivity index (χ4v) is 1.13. The normalized spacial score (nSPS) is 12.6. The Bertz CT molecular complexity index is 510. The highest BCUT2D eigenvalue weighted by atomic mass is 16.3.